The first kappa shape index (κ1) is 10.7. The molecule has 4 heteroatoms. The number of thioether (sulfide) groups is 1. The van der Waals surface area contributed by atoms with Crippen LogP contribution in [0, 0.1) is 17.6 Å². The quantitative estimate of drug-likeness (QED) is 0.732. The van der Waals surface area contributed by atoms with E-state index in [0.717, 1.165) is 24.6 Å². The molecular weight excluding hydrogens is 218 g/mol. The average Bonchev–Trinajstić information content (AvgIpc) is 3.01. The molecule has 82 valence electrons. The van der Waals surface area contributed by atoms with Gasteiger partial charge in [0.05, 0.1) is 11.5 Å². The highest BCUT2D eigenvalue weighted by molar-refractivity contribution is 7.98. The Balaban J connectivity index is 2.15. The van der Waals surface area contributed by atoms with Gasteiger partial charge in [-0.3, -0.25) is 0 Å². The van der Waals surface area contributed by atoms with Crippen LogP contribution in [0.4, 0.5) is 8.78 Å². The minimum absolute atomic E-state index is 0.0308. The van der Waals surface area contributed by atoms with Gasteiger partial charge in [-0.2, -0.15) is 0 Å². The van der Waals surface area contributed by atoms with Crippen molar-refractivity contribution in [1.82, 2.24) is 0 Å². The van der Waals surface area contributed by atoms with Crippen LogP contribution >= 0.6 is 11.8 Å². The monoisotopic (exact) mass is 230 g/mol. The minimum Gasteiger partial charge on any atom is -0.490 e. The number of hydrogen-bond donors (Lipinski definition) is 0. The first-order valence-corrected chi connectivity index (χ1v) is 6.09. The molecule has 0 bridgehead atoms. The molecule has 1 aromatic rings. The molecule has 0 amide bonds. The van der Waals surface area contributed by atoms with Crippen molar-refractivity contribution in [3.05, 3.63) is 23.8 Å². The molecule has 1 aliphatic carbocycles. The van der Waals surface area contributed by atoms with Crippen LogP contribution in [0.3, 0.4) is 0 Å². The number of benzene rings is 1. The maximum absolute atomic E-state index is 13.6. The van der Waals surface area contributed by atoms with E-state index in [1.807, 2.05) is 0 Å². The zero-order valence-corrected chi connectivity index (χ0v) is 9.24. The van der Waals surface area contributed by atoms with Gasteiger partial charge in [0.2, 0.25) is 0 Å². The predicted molar refractivity (Wildman–Crippen MR) is 56.4 cm³/mol. The van der Waals surface area contributed by atoms with Crippen molar-refractivity contribution in [3.8, 4) is 5.75 Å². The Kier molecular flexibility index (Phi) is 3.14. The maximum Gasteiger partial charge on any atom is 0.181 e. The van der Waals surface area contributed by atoms with Crippen LogP contribution in [0.1, 0.15) is 12.8 Å². The second-order valence-electron chi connectivity index (χ2n) is 3.65. The SMILES string of the molecule is CSc1c(F)ccc(OCC2CC2)c1F. The molecule has 0 N–H and O–H groups in total. The van der Waals surface area contributed by atoms with E-state index >= 15 is 0 Å². The Morgan fingerprint density at radius 3 is 2.73 bits per heavy atom. The third-order valence-corrected chi connectivity index (χ3v) is 3.17. The molecule has 0 atom stereocenters. The zero-order chi connectivity index (χ0) is 10.8. The molecule has 0 spiro atoms. The first-order valence-electron chi connectivity index (χ1n) is 4.87. The molecular formula is C11H12F2OS. The molecule has 0 heterocycles. The highest BCUT2D eigenvalue weighted by atomic mass is 32.2. The third-order valence-electron chi connectivity index (χ3n) is 2.39. The standard InChI is InChI=1S/C11H12F2OS/c1-15-11-8(12)4-5-9(10(11)13)14-6-7-2-3-7/h4-5,7H,2-3,6H2,1H3. The second kappa shape index (κ2) is 4.39. The summed E-state index contributed by atoms with van der Waals surface area (Å²) in [5.41, 5.74) is 0. The van der Waals surface area contributed by atoms with Gasteiger partial charge in [0, 0.05) is 0 Å². The van der Waals surface area contributed by atoms with Crippen LogP contribution in [0.15, 0.2) is 17.0 Å². The Hall–Kier alpha value is -0.770. The molecule has 2 rings (SSSR count). The molecule has 1 aliphatic rings. The predicted octanol–water partition coefficient (Wildman–Crippen LogP) is 3.48. The molecule has 1 aromatic carbocycles. The van der Waals surface area contributed by atoms with Crippen molar-refractivity contribution in [2.24, 2.45) is 5.92 Å². The summed E-state index contributed by atoms with van der Waals surface area (Å²) in [6.45, 7) is 0.538. The van der Waals surface area contributed by atoms with Gasteiger partial charge in [-0.25, -0.2) is 8.78 Å². The van der Waals surface area contributed by atoms with Crippen LogP contribution in [-0.4, -0.2) is 12.9 Å². The normalized spacial score (nSPS) is 15.4. The molecule has 0 aliphatic heterocycles. The van der Waals surface area contributed by atoms with Gasteiger partial charge in [0.15, 0.2) is 11.6 Å². The molecule has 1 fully saturated rings. The Bertz CT molecular complexity index is 364. The first-order chi connectivity index (χ1) is 7.22. The third kappa shape index (κ3) is 2.43. The maximum atomic E-state index is 13.6. The number of halogens is 2. The fourth-order valence-corrected chi connectivity index (χ4v) is 1.85. The van der Waals surface area contributed by atoms with Crippen molar-refractivity contribution < 1.29 is 13.5 Å². The summed E-state index contributed by atoms with van der Waals surface area (Å²) in [5.74, 6) is -0.387. The molecule has 1 nitrogen and oxygen atoms in total. The lowest BCUT2D eigenvalue weighted by Gasteiger charge is -2.09. The van der Waals surface area contributed by atoms with E-state index in [4.69, 9.17) is 4.74 Å². The van der Waals surface area contributed by atoms with Gasteiger partial charge in [0.25, 0.3) is 0 Å². The van der Waals surface area contributed by atoms with Crippen molar-refractivity contribution >= 4 is 11.8 Å². The molecule has 0 radical (unpaired) electrons. The van der Waals surface area contributed by atoms with E-state index < -0.39 is 11.6 Å². The lowest BCUT2D eigenvalue weighted by molar-refractivity contribution is 0.281. The summed E-state index contributed by atoms with van der Waals surface area (Å²) in [4.78, 5) is 0.0308. The Morgan fingerprint density at radius 2 is 2.13 bits per heavy atom. The molecule has 0 aromatic heterocycles. The van der Waals surface area contributed by atoms with Gasteiger partial charge >= 0.3 is 0 Å². The van der Waals surface area contributed by atoms with Crippen molar-refractivity contribution in [2.75, 3.05) is 12.9 Å². The highest BCUT2D eigenvalue weighted by Crippen LogP contribution is 2.33. The van der Waals surface area contributed by atoms with E-state index in [-0.39, 0.29) is 10.6 Å². The van der Waals surface area contributed by atoms with Crippen LogP contribution in [0.5, 0.6) is 5.75 Å². The van der Waals surface area contributed by atoms with E-state index in [0.29, 0.717) is 12.5 Å². The van der Waals surface area contributed by atoms with Crippen molar-refractivity contribution in [2.45, 2.75) is 17.7 Å². The van der Waals surface area contributed by atoms with Gasteiger partial charge in [-0.05, 0) is 37.1 Å². The van der Waals surface area contributed by atoms with Crippen LogP contribution < -0.4 is 4.74 Å². The Morgan fingerprint density at radius 1 is 1.40 bits per heavy atom. The fraction of sp³-hybridized carbons (Fsp3) is 0.455. The Labute approximate surface area is 91.8 Å². The number of ether oxygens (including phenoxy) is 1. The van der Waals surface area contributed by atoms with E-state index in [2.05, 4.69) is 0 Å². The van der Waals surface area contributed by atoms with E-state index in [1.54, 1.807) is 6.26 Å². The topological polar surface area (TPSA) is 9.23 Å². The minimum atomic E-state index is -0.580. The van der Waals surface area contributed by atoms with Gasteiger partial charge in [-0.1, -0.05) is 0 Å². The zero-order valence-electron chi connectivity index (χ0n) is 8.43. The second-order valence-corrected chi connectivity index (χ2v) is 4.46. The highest BCUT2D eigenvalue weighted by Gasteiger charge is 2.23. The van der Waals surface area contributed by atoms with Gasteiger partial charge in [-0.15, -0.1) is 11.8 Å². The van der Waals surface area contributed by atoms with Crippen molar-refractivity contribution in [1.29, 1.82) is 0 Å². The van der Waals surface area contributed by atoms with Crippen molar-refractivity contribution in [3.63, 3.8) is 0 Å². The summed E-state index contributed by atoms with van der Waals surface area (Å²) in [6.07, 6.45) is 3.95. The lowest BCUT2D eigenvalue weighted by atomic mass is 10.3. The summed E-state index contributed by atoms with van der Waals surface area (Å²) >= 11 is 1.06. The lowest BCUT2D eigenvalue weighted by Crippen LogP contribution is -2.02. The molecule has 0 saturated heterocycles. The molecule has 1 saturated carbocycles. The van der Waals surface area contributed by atoms with Crippen LogP contribution in [-0.2, 0) is 0 Å². The smallest absolute Gasteiger partial charge is 0.181 e. The van der Waals surface area contributed by atoms with Crippen LogP contribution in [0.2, 0.25) is 0 Å². The molecule has 15 heavy (non-hydrogen) atoms. The van der Waals surface area contributed by atoms with E-state index in [9.17, 15) is 8.78 Å². The van der Waals surface area contributed by atoms with Gasteiger partial charge < -0.3 is 4.74 Å². The van der Waals surface area contributed by atoms with Crippen LogP contribution in [0.25, 0.3) is 0 Å². The summed E-state index contributed by atoms with van der Waals surface area (Å²) in [5, 5.41) is 0. The summed E-state index contributed by atoms with van der Waals surface area (Å²) in [6, 6.07) is 2.60. The van der Waals surface area contributed by atoms with Gasteiger partial charge in [0.1, 0.15) is 5.82 Å². The summed E-state index contributed by atoms with van der Waals surface area (Å²) < 4.78 is 32.0. The number of rotatable bonds is 4. The largest absolute Gasteiger partial charge is 0.490 e. The average molecular weight is 230 g/mol. The molecule has 0 unspecified atom stereocenters. The number of hydrogen-bond acceptors (Lipinski definition) is 2. The fourth-order valence-electron chi connectivity index (χ4n) is 1.31. The van der Waals surface area contributed by atoms with E-state index in [1.165, 1.54) is 12.1 Å². The summed E-state index contributed by atoms with van der Waals surface area (Å²) in [7, 11) is 0.